The van der Waals surface area contributed by atoms with Crippen molar-refractivity contribution < 1.29 is 14.3 Å². The third-order valence-corrected chi connectivity index (χ3v) is 4.03. The van der Waals surface area contributed by atoms with E-state index in [1.165, 1.54) is 17.9 Å². The van der Waals surface area contributed by atoms with Crippen molar-refractivity contribution in [1.29, 1.82) is 5.26 Å². The number of esters is 1. The van der Waals surface area contributed by atoms with Crippen molar-refractivity contribution in [2.75, 3.05) is 18.2 Å². The standard InChI is InChI=1S/C18H20N4O3/c1-4-11(2)17(23)21-13-7-5-6-8-14(13)22-10-12(9-19)15(20)16(22)18(24)25-3/h5-8,10-11H,4,20H2,1-3H3,(H,21,23). The molecule has 1 aromatic carbocycles. The van der Waals surface area contributed by atoms with Crippen LogP contribution in [0.15, 0.2) is 30.5 Å². The Morgan fingerprint density at radius 3 is 2.68 bits per heavy atom. The molecule has 1 amide bonds. The monoisotopic (exact) mass is 340 g/mol. The minimum Gasteiger partial charge on any atom is -0.464 e. The van der Waals surface area contributed by atoms with E-state index in [0.717, 1.165) is 0 Å². The van der Waals surface area contributed by atoms with Gasteiger partial charge in [-0.3, -0.25) is 4.79 Å². The summed E-state index contributed by atoms with van der Waals surface area (Å²) >= 11 is 0. The summed E-state index contributed by atoms with van der Waals surface area (Å²) in [7, 11) is 1.24. The summed E-state index contributed by atoms with van der Waals surface area (Å²) in [5.41, 5.74) is 7.19. The average molecular weight is 340 g/mol. The number of hydrogen-bond acceptors (Lipinski definition) is 5. The smallest absolute Gasteiger partial charge is 0.357 e. The molecular weight excluding hydrogens is 320 g/mol. The van der Waals surface area contributed by atoms with Gasteiger partial charge in [-0.1, -0.05) is 26.0 Å². The fourth-order valence-electron chi connectivity index (χ4n) is 2.34. The predicted octanol–water partition coefficient (Wildman–Crippen LogP) is 2.70. The molecule has 0 spiro atoms. The van der Waals surface area contributed by atoms with E-state index in [0.29, 0.717) is 17.8 Å². The van der Waals surface area contributed by atoms with E-state index in [9.17, 15) is 14.9 Å². The normalized spacial score (nSPS) is 11.4. The zero-order valence-corrected chi connectivity index (χ0v) is 14.4. The lowest BCUT2D eigenvalue weighted by Gasteiger charge is -2.16. The topological polar surface area (TPSA) is 110 Å². The Kier molecular flexibility index (Phi) is 5.45. The number of hydrogen-bond donors (Lipinski definition) is 2. The highest BCUT2D eigenvalue weighted by molar-refractivity contribution is 5.98. The molecule has 7 heteroatoms. The number of amides is 1. The van der Waals surface area contributed by atoms with Gasteiger partial charge in [0.2, 0.25) is 5.91 Å². The van der Waals surface area contributed by atoms with E-state index in [4.69, 9.17) is 10.5 Å². The van der Waals surface area contributed by atoms with Crippen LogP contribution in [0, 0.1) is 17.2 Å². The largest absolute Gasteiger partial charge is 0.464 e. The Morgan fingerprint density at radius 1 is 1.40 bits per heavy atom. The lowest BCUT2D eigenvalue weighted by atomic mass is 10.1. The zero-order chi connectivity index (χ0) is 18.6. The van der Waals surface area contributed by atoms with Crippen LogP contribution in [0.1, 0.15) is 36.3 Å². The van der Waals surface area contributed by atoms with E-state index < -0.39 is 5.97 Å². The highest BCUT2D eigenvalue weighted by Crippen LogP contribution is 2.29. The molecule has 2 aromatic rings. The van der Waals surface area contributed by atoms with Crippen LogP contribution in [0.3, 0.4) is 0 Å². The summed E-state index contributed by atoms with van der Waals surface area (Å²) in [6.45, 7) is 3.76. The number of rotatable bonds is 5. The van der Waals surface area contributed by atoms with Crippen LogP contribution in [-0.2, 0) is 9.53 Å². The first-order chi connectivity index (χ1) is 11.9. The lowest BCUT2D eigenvalue weighted by molar-refractivity contribution is -0.119. The number of anilines is 2. The summed E-state index contributed by atoms with van der Waals surface area (Å²) in [6.07, 6.45) is 2.16. The van der Waals surface area contributed by atoms with E-state index >= 15 is 0 Å². The highest BCUT2D eigenvalue weighted by atomic mass is 16.5. The number of nitrogens with one attached hydrogen (secondary N) is 1. The van der Waals surface area contributed by atoms with Gasteiger partial charge in [0, 0.05) is 12.1 Å². The second kappa shape index (κ2) is 7.53. The minimum atomic E-state index is -0.665. The second-order valence-corrected chi connectivity index (χ2v) is 5.59. The van der Waals surface area contributed by atoms with E-state index in [-0.39, 0.29) is 28.8 Å². The third-order valence-electron chi connectivity index (χ3n) is 4.03. The predicted molar refractivity (Wildman–Crippen MR) is 94.3 cm³/mol. The molecule has 0 fully saturated rings. The van der Waals surface area contributed by atoms with Crippen molar-refractivity contribution in [2.24, 2.45) is 5.92 Å². The van der Waals surface area contributed by atoms with Crippen LogP contribution in [-0.4, -0.2) is 23.6 Å². The first kappa shape index (κ1) is 18.1. The van der Waals surface area contributed by atoms with E-state index in [1.807, 2.05) is 19.9 Å². The summed E-state index contributed by atoms with van der Waals surface area (Å²) in [4.78, 5) is 24.4. The minimum absolute atomic E-state index is 0.0393. The van der Waals surface area contributed by atoms with Crippen LogP contribution in [0.4, 0.5) is 11.4 Å². The number of para-hydroxylation sites is 2. The number of nitrogens with zero attached hydrogens (tertiary/aromatic N) is 2. The number of nitrogen functional groups attached to an aromatic ring is 1. The molecule has 7 nitrogen and oxygen atoms in total. The van der Waals surface area contributed by atoms with E-state index in [1.54, 1.807) is 24.3 Å². The van der Waals surface area contributed by atoms with Crippen molar-refractivity contribution in [3.8, 4) is 11.8 Å². The summed E-state index contributed by atoms with van der Waals surface area (Å²) < 4.78 is 6.24. The van der Waals surface area contributed by atoms with Gasteiger partial charge < -0.3 is 20.4 Å². The number of benzene rings is 1. The van der Waals surface area contributed by atoms with Crippen LogP contribution >= 0.6 is 0 Å². The molecule has 0 saturated carbocycles. The maximum absolute atomic E-state index is 12.2. The highest BCUT2D eigenvalue weighted by Gasteiger charge is 2.23. The quantitative estimate of drug-likeness (QED) is 0.813. The number of ether oxygens (including phenoxy) is 1. The first-order valence-electron chi connectivity index (χ1n) is 7.84. The van der Waals surface area contributed by atoms with Gasteiger partial charge in [-0.25, -0.2) is 4.79 Å². The Bertz CT molecular complexity index is 848. The van der Waals surface area contributed by atoms with Crippen LogP contribution in [0.5, 0.6) is 0 Å². The molecule has 1 atom stereocenters. The molecule has 0 aliphatic carbocycles. The molecular formula is C18H20N4O3. The molecule has 25 heavy (non-hydrogen) atoms. The summed E-state index contributed by atoms with van der Waals surface area (Å²) in [5, 5.41) is 12.1. The Balaban J connectivity index is 2.59. The van der Waals surface area contributed by atoms with Gasteiger partial charge in [-0.2, -0.15) is 5.26 Å². The third kappa shape index (κ3) is 3.48. The first-order valence-corrected chi connectivity index (χ1v) is 7.84. The molecule has 0 radical (unpaired) electrons. The maximum atomic E-state index is 12.2. The van der Waals surface area contributed by atoms with Gasteiger partial charge in [0.05, 0.1) is 29.7 Å². The van der Waals surface area contributed by atoms with Crippen molar-refractivity contribution in [2.45, 2.75) is 20.3 Å². The Labute approximate surface area is 146 Å². The summed E-state index contributed by atoms with van der Waals surface area (Å²) in [6, 6.07) is 8.92. The molecule has 1 aromatic heterocycles. The van der Waals surface area contributed by atoms with Crippen LogP contribution in [0.2, 0.25) is 0 Å². The molecule has 0 aliphatic heterocycles. The van der Waals surface area contributed by atoms with Crippen LogP contribution in [0.25, 0.3) is 5.69 Å². The lowest BCUT2D eigenvalue weighted by Crippen LogP contribution is -2.21. The van der Waals surface area contributed by atoms with Crippen molar-refractivity contribution >= 4 is 23.3 Å². The molecule has 1 unspecified atom stereocenters. The van der Waals surface area contributed by atoms with Gasteiger partial charge in [0.25, 0.3) is 0 Å². The summed E-state index contributed by atoms with van der Waals surface area (Å²) in [5.74, 6) is -0.949. The van der Waals surface area contributed by atoms with Gasteiger partial charge in [-0.05, 0) is 18.6 Å². The number of methoxy groups -OCH3 is 1. The van der Waals surface area contributed by atoms with Gasteiger partial charge in [0.15, 0.2) is 5.69 Å². The van der Waals surface area contributed by atoms with Gasteiger partial charge >= 0.3 is 5.97 Å². The number of carbonyl (C=O) groups is 2. The number of nitrogens with two attached hydrogens (primary N) is 1. The van der Waals surface area contributed by atoms with Crippen molar-refractivity contribution in [3.63, 3.8) is 0 Å². The second-order valence-electron chi connectivity index (χ2n) is 5.59. The zero-order valence-electron chi connectivity index (χ0n) is 14.4. The van der Waals surface area contributed by atoms with Gasteiger partial charge in [-0.15, -0.1) is 0 Å². The Hall–Kier alpha value is -3.27. The molecule has 1 heterocycles. The van der Waals surface area contributed by atoms with E-state index in [2.05, 4.69) is 5.32 Å². The molecule has 130 valence electrons. The number of aromatic nitrogens is 1. The van der Waals surface area contributed by atoms with Crippen molar-refractivity contribution in [3.05, 3.63) is 41.7 Å². The SMILES string of the molecule is CCC(C)C(=O)Nc1ccccc1-n1cc(C#N)c(N)c1C(=O)OC. The molecule has 0 aliphatic rings. The average Bonchev–Trinajstić information content (AvgIpc) is 2.96. The Morgan fingerprint density at radius 2 is 2.08 bits per heavy atom. The molecule has 3 N–H and O–H groups in total. The fourth-order valence-corrected chi connectivity index (χ4v) is 2.34. The van der Waals surface area contributed by atoms with Crippen molar-refractivity contribution in [1.82, 2.24) is 4.57 Å². The molecule has 0 saturated heterocycles. The van der Waals surface area contributed by atoms with Gasteiger partial charge in [0.1, 0.15) is 6.07 Å². The molecule has 0 bridgehead atoms. The fraction of sp³-hybridized carbons (Fsp3) is 0.278. The number of carbonyl (C=O) groups excluding carboxylic acids is 2. The number of nitriles is 1. The maximum Gasteiger partial charge on any atom is 0.357 e. The molecule has 2 rings (SSSR count). The van der Waals surface area contributed by atoms with Crippen LogP contribution < -0.4 is 11.1 Å².